The first kappa shape index (κ1) is 42.3. The molecule has 2 nitrogen and oxygen atoms in total. The van der Waals surface area contributed by atoms with Crippen molar-refractivity contribution >= 4 is 72.9 Å². The molecule has 0 N–H and O–H groups in total. The van der Waals surface area contributed by atoms with E-state index in [1.807, 2.05) is 0 Å². The Hall–Kier alpha value is -9.44. The van der Waals surface area contributed by atoms with Gasteiger partial charge in [-0.3, -0.25) is 0 Å². The van der Waals surface area contributed by atoms with E-state index < -0.39 is 5.41 Å². The fraction of sp³-hybridized carbons (Fsp3) is 0.0141. The topological polar surface area (TPSA) is 16.4 Å². The summed E-state index contributed by atoms with van der Waals surface area (Å²) in [6.07, 6.45) is 0. The van der Waals surface area contributed by atoms with Crippen LogP contribution in [0.5, 0.6) is 0 Å². The van der Waals surface area contributed by atoms with Gasteiger partial charge in [-0.15, -0.1) is 0 Å². The van der Waals surface area contributed by atoms with Crippen molar-refractivity contribution in [3.8, 4) is 44.5 Å². The molecule has 13 aromatic rings. The van der Waals surface area contributed by atoms with Gasteiger partial charge in [0.1, 0.15) is 11.2 Å². The molecular weight excluding hydrogens is 894 g/mol. The van der Waals surface area contributed by atoms with Crippen LogP contribution in [-0.4, -0.2) is 6.71 Å². The number of fused-ring (bicyclic) bond motifs is 9. The minimum absolute atomic E-state index is 0.0943. The van der Waals surface area contributed by atoms with Crippen LogP contribution in [-0.2, 0) is 5.41 Å². The van der Waals surface area contributed by atoms with Gasteiger partial charge in [-0.2, -0.15) is 0 Å². The van der Waals surface area contributed by atoms with Crippen molar-refractivity contribution in [3.63, 3.8) is 0 Å². The molecule has 12 aromatic carbocycles. The van der Waals surface area contributed by atoms with Crippen molar-refractivity contribution in [2.45, 2.75) is 5.41 Å². The van der Waals surface area contributed by atoms with Crippen molar-refractivity contribution in [2.24, 2.45) is 0 Å². The van der Waals surface area contributed by atoms with E-state index >= 15 is 0 Å². The summed E-state index contributed by atoms with van der Waals surface area (Å²) in [4.78, 5) is 2.43. The van der Waals surface area contributed by atoms with Crippen molar-refractivity contribution < 1.29 is 4.42 Å². The van der Waals surface area contributed by atoms with Gasteiger partial charge >= 0.3 is 0 Å². The Morgan fingerprint density at radius 2 is 0.838 bits per heavy atom. The molecule has 0 saturated heterocycles. The van der Waals surface area contributed by atoms with Crippen LogP contribution in [0.15, 0.2) is 283 Å². The van der Waals surface area contributed by atoms with Crippen LogP contribution < -0.4 is 21.3 Å². The molecule has 0 atom stereocenters. The van der Waals surface area contributed by atoms with Gasteiger partial charge in [-0.05, 0) is 108 Å². The number of benzene rings is 12. The second-order valence-corrected chi connectivity index (χ2v) is 19.8. The summed E-state index contributed by atoms with van der Waals surface area (Å²) in [6.45, 7) is -0.0943. The molecule has 0 radical (unpaired) electrons. The van der Waals surface area contributed by atoms with E-state index in [0.29, 0.717) is 0 Å². The second-order valence-electron chi connectivity index (χ2n) is 19.8. The summed E-state index contributed by atoms with van der Waals surface area (Å²) in [6, 6.07) is 103. The molecule has 2 aliphatic heterocycles. The molecular formula is C71H46BNO. The number of hydrogen-bond donors (Lipinski definition) is 0. The second kappa shape index (κ2) is 16.8. The molecule has 0 saturated carbocycles. The zero-order chi connectivity index (χ0) is 48.7. The number of para-hydroxylation sites is 2. The smallest absolute Gasteiger partial charge is 0.244 e. The lowest BCUT2D eigenvalue weighted by Gasteiger charge is -2.46. The van der Waals surface area contributed by atoms with E-state index in [0.717, 1.165) is 39.0 Å². The minimum Gasteiger partial charge on any atom is -0.456 e. The molecule has 344 valence electrons. The van der Waals surface area contributed by atoms with E-state index in [4.69, 9.17) is 4.42 Å². The van der Waals surface area contributed by atoms with Crippen molar-refractivity contribution in [1.29, 1.82) is 0 Å². The minimum atomic E-state index is -0.543. The highest BCUT2D eigenvalue weighted by atomic mass is 16.3. The SMILES string of the molecule is c1ccc(-c2cccc3c2B(c2ccc4oc5cc(N6c7ccccc7C(c7ccccc7)(c7ccccc7)c7ccccc76)ccc5c4c2)c2c-3c(-c3ccccc3)c3ccccc3c2-c2ccccc2)cc1. The molecule has 0 spiro atoms. The molecule has 2 aliphatic rings. The Kier molecular flexibility index (Phi) is 9.62. The van der Waals surface area contributed by atoms with Gasteiger partial charge in [0.25, 0.3) is 0 Å². The maximum Gasteiger partial charge on any atom is 0.244 e. The maximum atomic E-state index is 6.99. The molecule has 15 rings (SSSR count). The van der Waals surface area contributed by atoms with E-state index in [1.165, 1.54) is 93.9 Å². The zero-order valence-corrected chi connectivity index (χ0v) is 40.5. The van der Waals surface area contributed by atoms with E-state index in [2.05, 4.69) is 284 Å². The molecule has 0 aliphatic carbocycles. The molecule has 3 heteroatoms. The van der Waals surface area contributed by atoms with Crippen molar-refractivity contribution in [1.82, 2.24) is 0 Å². The Morgan fingerprint density at radius 1 is 0.324 bits per heavy atom. The molecule has 0 fully saturated rings. The lowest BCUT2D eigenvalue weighted by molar-refractivity contribution is 0.669. The number of furan rings is 1. The average molecular weight is 940 g/mol. The van der Waals surface area contributed by atoms with Gasteiger partial charge in [0.2, 0.25) is 6.71 Å². The predicted molar refractivity (Wildman–Crippen MR) is 311 cm³/mol. The van der Waals surface area contributed by atoms with Crippen LogP contribution >= 0.6 is 0 Å². The van der Waals surface area contributed by atoms with Crippen molar-refractivity contribution in [3.05, 3.63) is 301 Å². The Balaban J connectivity index is 0.955. The molecule has 0 unspecified atom stereocenters. The van der Waals surface area contributed by atoms with Gasteiger partial charge < -0.3 is 9.32 Å². The first-order chi connectivity index (χ1) is 36.8. The average Bonchev–Trinajstić information content (AvgIpc) is 4.08. The van der Waals surface area contributed by atoms with Gasteiger partial charge in [0.05, 0.1) is 16.8 Å². The number of nitrogens with zero attached hydrogens (tertiary/aromatic N) is 1. The van der Waals surface area contributed by atoms with E-state index in [-0.39, 0.29) is 6.71 Å². The quantitative estimate of drug-likeness (QED) is 0.148. The third kappa shape index (κ3) is 6.20. The standard InChI is InChI=1S/C71H46BNO/c1-6-23-47(24-7-1)54-35-22-36-58-68-66(48-25-8-2-9-26-48)56-33-16-17-34-57(56)67(49-27-10-3-11-28-49)70(68)72(69(54)58)52-41-44-64-59(45-52)55-43-42-53(46-65(55)74-64)73-62-39-20-18-37-60(62)71(50-29-12-4-13-30-50,51-31-14-5-15-32-51)61-38-19-21-40-63(61)73/h1-46H. The van der Waals surface area contributed by atoms with E-state index in [9.17, 15) is 0 Å². The molecule has 1 aromatic heterocycles. The molecule has 3 heterocycles. The van der Waals surface area contributed by atoms with Gasteiger partial charge in [-0.1, -0.05) is 259 Å². The molecule has 0 amide bonds. The largest absolute Gasteiger partial charge is 0.456 e. The summed E-state index contributed by atoms with van der Waals surface area (Å²) in [7, 11) is 0. The first-order valence-electron chi connectivity index (χ1n) is 25.7. The summed E-state index contributed by atoms with van der Waals surface area (Å²) >= 11 is 0. The number of rotatable bonds is 7. The predicted octanol–water partition coefficient (Wildman–Crippen LogP) is 16.4. The highest BCUT2D eigenvalue weighted by Gasteiger charge is 2.46. The van der Waals surface area contributed by atoms with Crippen LogP contribution in [0.3, 0.4) is 0 Å². The first-order valence-corrected chi connectivity index (χ1v) is 25.7. The number of hydrogen-bond acceptors (Lipinski definition) is 2. The summed E-state index contributed by atoms with van der Waals surface area (Å²) in [5, 5.41) is 4.70. The molecule has 74 heavy (non-hydrogen) atoms. The van der Waals surface area contributed by atoms with Crippen molar-refractivity contribution in [2.75, 3.05) is 4.90 Å². The summed E-state index contributed by atoms with van der Waals surface area (Å²) < 4.78 is 6.99. The number of anilines is 3. The Morgan fingerprint density at radius 3 is 1.46 bits per heavy atom. The Labute approximate surface area is 431 Å². The van der Waals surface area contributed by atoms with Gasteiger partial charge in [0.15, 0.2) is 0 Å². The zero-order valence-electron chi connectivity index (χ0n) is 40.5. The van der Waals surface area contributed by atoms with Crippen LogP contribution in [0, 0.1) is 0 Å². The fourth-order valence-electron chi connectivity index (χ4n) is 13.1. The third-order valence-corrected chi connectivity index (χ3v) is 16.0. The van der Waals surface area contributed by atoms with Crippen LogP contribution in [0.25, 0.3) is 77.2 Å². The third-order valence-electron chi connectivity index (χ3n) is 16.0. The van der Waals surface area contributed by atoms with Crippen LogP contribution in [0.4, 0.5) is 17.1 Å². The highest BCUT2D eigenvalue weighted by molar-refractivity contribution is 7.01. The summed E-state index contributed by atoms with van der Waals surface area (Å²) in [5.74, 6) is 0. The van der Waals surface area contributed by atoms with Crippen LogP contribution in [0.1, 0.15) is 22.3 Å². The lowest BCUT2D eigenvalue weighted by Crippen LogP contribution is -2.50. The normalized spacial score (nSPS) is 13.2. The Bertz CT molecular complexity index is 4210. The van der Waals surface area contributed by atoms with Gasteiger partial charge in [-0.25, -0.2) is 0 Å². The summed E-state index contributed by atoms with van der Waals surface area (Å²) in [5.41, 5.74) is 23.4. The highest BCUT2D eigenvalue weighted by Crippen LogP contribution is 2.58. The maximum absolute atomic E-state index is 6.99. The lowest BCUT2D eigenvalue weighted by atomic mass is 9.37. The van der Waals surface area contributed by atoms with Gasteiger partial charge in [0, 0.05) is 22.5 Å². The fourth-order valence-corrected chi connectivity index (χ4v) is 13.1. The molecule has 0 bridgehead atoms. The van der Waals surface area contributed by atoms with Crippen LogP contribution in [0.2, 0.25) is 0 Å². The monoisotopic (exact) mass is 939 g/mol. The van der Waals surface area contributed by atoms with E-state index in [1.54, 1.807) is 0 Å².